The lowest BCUT2D eigenvalue weighted by Gasteiger charge is -2.48. The Balaban J connectivity index is 1.43. The molecule has 4 unspecified atom stereocenters. The summed E-state index contributed by atoms with van der Waals surface area (Å²) in [6.45, 7) is 3.58. The number of benzene rings is 1. The van der Waals surface area contributed by atoms with Crippen molar-refractivity contribution in [3.63, 3.8) is 0 Å². The Hall–Kier alpha value is -2.62. The number of sulfonamides is 1. The average Bonchev–Trinajstić information content (AvgIpc) is 3.02. The fraction of sp³-hybridized carbons (Fsp3) is 0.533. The number of hydrogen-bond donors (Lipinski definition) is 2. The lowest BCUT2D eigenvalue weighted by molar-refractivity contribution is -0.0314. The van der Waals surface area contributed by atoms with Crippen molar-refractivity contribution in [2.24, 2.45) is 11.8 Å². The number of rotatable bonds is 0. The van der Waals surface area contributed by atoms with Gasteiger partial charge in [-0.15, -0.1) is 0 Å². The Kier molecular flexibility index (Phi) is 7.12. The molecule has 0 radical (unpaired) electrons. The number of carbonyl (C=O) groups excluding carboxylic acids is 1. The van der Waals surface area contributed by atoms with Crippen LogP contribution in [0.4, 0.5) is 5.82 Å². The molecule has 3 heterocycles. The van der Waals surface area contributed by atoms with Crippen LogP contribution in [0.15, 0.2) is 42.5 Å². The van der Waals surface area contributed by atoms with E-state index in [9.17, 15) is 18.3 Å². The number of ether oxygens (including phenoxy) is 1. The van der Waals surface area contributed by atoms with E-state index in [2.05, 4.69) is 21.8 Å². The summed E-state index contributed by atoms with van der Waals surface area (Å²) in [4.78, 5) is 19.9. The van der Waals surface area contributed by atoms with Crippen LogP contribution in [0.5, 0.6) is 5.75 Å². The van der Waals surface area contributed by atoms with E-state index < -0.39 is 21.5 Å². The lowest BCUT2D eigenvalue weighted by Crippen LogP contribution is -2.51. The number of anilines is 1. The van der Waals surface area contributed by atoms with Gasteiger partial charge < -0.3 is 14.7 Å². The Bertz CT molecular complexity index is 1460. The molecular formula is C30H36ClN3O5S. The molecule has 2 N–H and O–H groups in total. The van der Waals surface area contributed by atoms with Crippen LogP contribution in [0.3, 0.4) is 0 Å². The van der Waals surface area contributed by atoms with Gasteiger partial charge in [0.1, 0.15) is 5.69 Å². The van der Waals surface area contributed by atoms with Gasteiger partial charge in [-0.25, -0.2) is 18.1 Å². The number of nitrogens with one attached hydrogen (secondary N) is 1. The van der Waals surface area contributed by atoms with Crippen molar-refractivity contribution >= 4 is 33.3 Å². The molecule has 1 fully saturated rings. The van der Waals surface area contributed by atoms with Gasteiger partial charge in [-0.2, -0.15) is 0 Å². The third-order valence-corrected chi connectivity index (χ3v) is 10.8. The molecule has 1 saturated carbocycles. The van der Waals surface area contributed by atoms with Crippen LogP contribution in [0, 0.1) is 11.8 Å². The van der Waals surface area contributed by atoms with Crippen LogP contribution in [-0.2, 0) is 21.9 Å². The fourth-order valence-electron chi connectivity index (χ4n) is 7.03. The summed E-state index contributed by atoms with van der Waals surface area (Å²) in [5.41, 5.74) is 1.20. The normalized spacial score (nSPS) is 32.5. The fourth-order valence-corrected chi connectivity index (χ4v) is 8.26. The maximum Gasteiger partial charge on any atom is 0.283 e. The van der Waals surface area contributed by atoms with E-state index in [0.29, 0.717) is 44.1 Å². The van der Waals surface area contributed by atoms with Gasteiger partial charge in [0.05, 0.1) is 18.0 Å². The second-order valence-electron chi connectivity index (χ2n) is 12.1. The lowest BCUT2D eigenvalue weighted by atomic mass is 9.64. The van der Waals surface area contributed by atoms with Gasteiger partial charge in [0.2, 0.25) is 10.0 Å². The molecule has 1 amide bonds. The second-order valence-corrected chi connectivity index (χ2v) is 14.4. The number of hydrogen-bond acceptors (Lipinski definition) is 7. The predicted molar refractivity (Wildman–Crippen MR) is 154 cm³/mol. The van der Waals surface area contributed by atoms with Gasteiger partial charge in [0.15, 0.2) is 11.6 Å². The molecule has 1 aromatic carbocycles. The van der Waals surface area contributed by atoms with E-state index in [4.69, 9.17) is 21.3 Å². The van der Waals surface area contributed by atoms with Crippen molar-refractivity contribution in [3.8, 4) is 5.75 Å². The first-order valence-corrected chi connectivity index (χ1v) is 16.2. The number of pyridine rings is 1. The van der Waals surface area contributed by atoms with Gasteiger partial charge >= 0.3 is 0 Å². The van der Waals surface area contributed by atoms with Crippen molar-refractivity contribution in [2.75, 3.05) is 30.3 Å². The number of nitrogens with zero attached hydrogens (tertiary/aromatic N) is 2. The van der Waals surface area contributed by atoms with Crippen LogP contribution in [-0.4, -0.2) is 55.5 Å². The van der Waals surface area contributed by atoms with Crippen molar-refractivity contribution in [2.45, 2.75) is 62.9 Å². The van der Waals surface area contributed by atoms with Gasteiger partial charge in [0.25, 0.3) is 5.91 Å². The molecule has 2 bridgehead atoms. The molecule has 4 atom stereocenters. The summed E-state index contributed by atoms with van der Waals surface area (Å²) in [5.74, 6) is 0.462. The minimum absolute atomic E-state index is 0.0341. The minimum atomic E-state index is -3.84. The molecule has 1 spiro atoms. The minimum Gasteiger partial charge on any atom is -0.489 e. The Labute approximate surface area is 240 Å². The van der Waals surface area contributed by atoms with Crippen LogP contribution in [0.2, 0.25) is 5.02 Å². The second kappa shape index (κ2) is 10.3. The molecule has 2 aliphatic heterocycles. The zero-order valence-corrected chi connectivity index (χ0v) is 24.3. The molecule has 2 aromatic rings. The maximum atomic E-state index is 13.0. The topological polar surface area (TPSA) is 109 Å². The first-order valence-electron chi connectivity index (χ1n) is 14.2. The summed E-state index contributed by atoms with van der Waals surface area (Å²) >= 11 is 6.36. The molecule has 4 aliphatic rings. The molecule has 2 aliphatic carbocycles. The molecule has 214 valence electrons. The van der Waals surface area contributed by atoms with Gasteiger partial charge in [-0.1, -0.05) is 29.8 Å². The molecule has 40 heavy (non-hydrogen) atoms. The summed E-state index contributed by atoms with van der Waals surface area (Å²) in [5, 5.41) is 12.1. The zero-order chi connectivity index (χ0) is 28.1. The molecule has 1 aromatic heterocycles. The summed E-state index contributed by atoms with van der Waals surface area (Å²) in [7, 11) is -3.84. The highest BCUT2D eigenvalue weighted by Gasteiger charge is 2.46. The number of amides is 1. The van der Waals surface area contributed by atoms with Gasteiger partial charge in [-0.05, 0) is 99.1 Å². The largest absolute Gasteiger partial charge is 0.489 e. The first kappa shape index (κ1) is 27.5. The molecule has 0 saturated heterocycles. The van der Waals surface area contributed by atoms with Gasteiger partial charge in [0, 0.05) is 23.5 Å². The predicted octanol–water partition coefficient (Wildman–Crippen LogP) is 4.39. The first-order chi connectivity index (χ1) is 19.1. The van der Waals surface area contributed by atoms with Crippen LogP contribution >= 0.6 is 11.6 Å². The number of carbonyl (C=O) groups is 1. The summed E-state index contributed by atoms with van der Waals surface area (Å²) in [6.07, 6.45) is 9.32. The van der Waals surface area contributed by atoms with E-state index >= 15 is 0 Å². The molecular weight excluding hydrogens is 550 g/mol. The monoisotopic (exact) mass is 585 g/mol. The third kappa shape index (κ3) is 5.23. The van der Waals surface area contributed by atoms with Gasteiger partial charge in [-0.3, -0.25) is 4.79 Å². The smallest absolute Gasteiger partial charge is 0.283 e. The number of aromatic nitrogens is 1. The van der Waals surface area contributed by atoms with E-state index in [1.54, 1.807) is 6.07 Å². The zero-order valence-electron chi connectivity index (χ0n) is 22.7. The van der Waals surface area contributed by atoms with Crippen molar-refractivity contribution in [3.05, 3.63) is 64.3 Å². The van der Waals surface area contributed by atoms with Crippen LogP contribution in [0.25, 0.3) is 0 Å². The standard InChI is InChI=1S/C30H36ClN3O5S/c1-29(36)13-3-2-4-15-40(37,38)33-28(35)25-11-12-26-27(32-25)34(17-21-7-9-23(21)29)18-30(19-39-26)14-5-6-20-16-22(31)8-10-24(20)30/h3,8,10-13,16,21,23,36H,2,4-7,9,14-15,17-19H2,1H3,(H,33,35)/b13-3+. The summed E-state index contributed by atoms with van der Waals surface area (Å²) < 4.78 is 33.9. The van der Waals surface area contributed by atoms with Crippen LogP contribution < -0.4 is 14.4 Å². The maximum absolute atomic E-state index is 13.0. The summed E-state index contributed by atoms with van der Waals surface area (Å²) in [6, 6.07) is 9.36. The Morgan fingerprint density at radius 3 is 2.85 bits per heavy atom. The van der Waals surface area contributed by atoms with E-state index in [0.717, 1.165) is 37.1 Å². The van der Waals surface area contributed by atoms with Crippen molar-refractivity contribution in [1.29, 1.82) is 0 Å². The number of aliphatic hydroxyl groups is 1. The quantitative estimate of drug-likeness (QED) is 0.441. The van der Waals surface area contributed by atoms with E-state index in [1.165, 1.54) is 17.2 Å². The Morgan fingerprint density at radius 1 is 1.20 bits per heavy atom. The van der Waals surface area contributed by atoms with E-state index in [1.807, 2.05) is 25.1 Å². The number of fused-ring (bicyclic) bond motifs is 4. The van der Waals surface area contributed by atoms with Crippen molar-refractivity contribution in [1.82, 2.24) is 9.71 Å². The SMILES string of the molecule is CC1(O)/C=C/CCCS(=O)(=O)NC(=O)c2ccc3c(n2)N(CC2CCC21)CC1(CCCc2cc(Cl)ccc21)CO3. The number of allylic oxidation sites excluding steroid dienone is 1. The average molecular weight is 586 g/mol. The highest BCUT2D eigenvalue weighted by Crippen LogP contribution is 2.47. The van der Waals surface area contributed by atoms with Crippen molar-refractivity contribution < 1.29 is 23.1 Å². The highest BCUT2D eigenvalue weighted by molar-refractivity contribution is 7.90. The van der Waals surface area contributed by atoms with E-state index in [-0.39, 0.29) is 28.7 Å². The molecule has 8 nitrogen and oxygen atoms in total. The molecule has 6 rings (SSSR count). The Morgan fingerprint density at radius 2 is 2.05 bits per heavy atom. The number of aryl methyl sites for hydroxylation is 1. The van der Waals surface area contributed by atoms with Crippen LogP contribution in [0.1, 0.15) is 67.1 Å². The third-order valence-electron chi connectivity index (χ3n) is 9.22. The number of halogens is 1. The highest BCUT2D eigenvalue weighted by atomic mass is 35.5. The molecule has 10 heteroatoms.